The topological polar surface area (TPSA) is 21.3 Å². The van der Waals surface area contributed by atoms with Gasteiger partial charge < -0.3 is 10.1 Å². The van der Waals surface area contributed by atoms with Crippen molar-refractivity contribution in [3.05, 3.63) is 0 Å². The van der Waals surface area contributed by atoms with Crippen molar-refractivity contribution in [2.24, 2.45) is 11.3 Å². The van der Waals surface area contributed by atoms with Gasteiger partial charge in [-0.2, -0.15) is 0 Å². The van der Waals surface area contributed by atoms with Gasteiger partial charge in [0, 0.05) is 30.0 Å². The molecule has 0 radical (unpaired) electrons. The zero-order valence-electron chi connectivity index (χ0n) is 13.4. The van der Waals surface area contributed by atoms with Gasteiger partial charge in [0.25, 0.3) is 0 Å². The molecule has 1 aliphatic carbocycles. The van der Waals surface area contributed by atoms with E-state index in [0.29, 0.717) is 17.6 Å². The Balaban J connectivity index is 1.92. The highest BCUT2D eigenvalue weighted by Gasteiger charge is 2.57. The molecule has 1 saturated heterocycles. The first kappa shape index (κ1) is 15.3. The molecule has 4 atom stereocenters. The highest BCUT2D eigenvalue weighted by molar-refractivity contribution is 5.10. The summed E-state index contributed by atoms with van der Waals surface area (Å²) in [5.41, 5.74) is 0.323. The van der Waals surface area contributed by atoms with Crippen molar-refractivity contribution in [3.8, 4) is 0 Å². The Morgan fingerprint density at radius 3 is 2.68 bits per heavy atom. The summed E-state index contributed by atoms with van der Waals surface area (Å²) in [7, 11) is 0. The lowest BCUT2D eigenvalue weighted by Crippen LogP contribution is -2.70. The summed E-state index contributed by atoms with van der Waals surface area (Å²) in [5.74, 6) is 0.768. The van der Waals surface area contributed by atoms with Crippen molar-refractivity contribution < 1.29 is 4.74 Å². The SMILES string of the molecule is CCCCC(CCC)NC1C2CCCOC2C1(C)C. The first-order valence-electron chi connectivity index (χ1n) is 8.48. The molecule has 2 aliphatic rings. The van der Waals surface area contributed by atoms with Gasteiger partial charge in [-0.05, 0) is 25.7 Å². The van der Waals surface area contributed by atoms with Gasteiger partial charge in [0.05, 0.1) is 6.10 Å². The number of fused-ring (bicyclic) bond motifs is 1. The van der Waals surface area contributed by atoms with Crippen molar-refractivity contribution in [1.82, 2.24) is 5.32 Å². The average molecular weight is 267 g/mol. The number of hydrogen-bond acceptors (Lipinski definition) is 2. The summed E-state index contributed by atoms with van der Waals surface area (Å²) in [6.45, 7) is 10.4. The van der Waals surface area contributed by atoms with E-state index >= 15 is 0 Å². The van der Waals surface area contributed by atoms with Gasteiger partial charge in [0.15, 0.2) is 0 Å². The Morgan fingerprint density at radius 1 is 1.21 bits per heavy atom. The van der Waals surface area contributed by atoms with Gasteiger partial charge in [0.2, 0.25) is 0 Å². The minimum atomic E-state index is 0.323. The van der Waals surface area contributed by atoms with Gasteiger partial charge >= 0.3 is 0 Å². The van der Waals surface area contributed by atoms with E-state index < -0.39 is 0 Å². The Bertz CT molecular complexity index is 276. The summed E-state index contributed by atoms with van der Waals surface area (Å²) in [5, 5.41) is 4.00. The van der Waals surface area contributed by atoms with Gasteiger partial charge in [0.1, 0.15) is 0 Å². The largest absolute Gasteiger partial charge is 0.377 e. The molecule has 0 aromatic carbocycles. The fraction of sp³-hybridized carbons (Fsp3) is 1.00. The molecular weight excluding hydrogens is 234 g/mol. The van der Waals surface area contributed by atoms with E-state index in [9.17, 15) is 0 Å². The van der Waals surface area contributed by atoms with Gasteiger partial charge in [-0.1, -0.05) is 47.0 Å². The van der Waals surface area contributed by atoms with Gasteiger partial charge in [-0.15, -0.1) is 0 Å². The van der Waals surface area contributed by atoms with Crippen LogP contribution in [0.2, 0.25) is 0 Å². The molecule has 0 bridgehead atoms. The van der Waals surface area contributed by atoms with E-state index in [1.54, 1.807) is 0 Å². The first-order chi connectivity index (χ1) is 9.11. The first-order valence-corrected chi connectivity index (χ1v) is 8.48. The molecule has 1 saturated carbocycles. The maximum absolute atomic E-state index is 6.01. The zero-order chi connectivity index (χ0) is 13.9. The van der Waals surface area contributed by atoms with E-state index in [4.69, 9.17) is 4.74 Å². The molecule has 2 rings (SSSR count). The molecule has 112 valence electrons. The Kier molecular flexibility index (Phi) is 5.30. The third-order valence-electron chi connectivity index (χ3n) is 5.29. The van der Waals surface area contributed by atoms with E-state index in [1.807, 2.05) is 0 Å². The fourth-order valence-electron chi connectivity index (χ4n) is 4.22. The highest BCUT2D eigenvalue weighted by atomic mass is 16.5. The molecule has 2 nitrogen and oxygen atoms in total. The monoisotopic (exact) mass is 267 g/mol. The van der Waals surface area contributed by atoms with Crippen LogP contribution in [-0.4, -0.2) is 24.8 Å². The molecule has 0 amide bonds. The van der Waals surface area contributed by atoms with Crippen LogP contribution in [-0.2, 0) is 4.74 Å². The summed E-state index contributed by atoms with van der Waals surface area (Å²) in [6.07, 6.45) is 9.74. The highest BCUT2D eigenvalue weighted by Crippen LogP contribution is 2.51. The summed E-state index contributed by atoms with van der Waals surface area (Å²) in [6, 6.07) is 1.39. The van der Waals surface area contributed by atoms with Crippen LogP contribution in [0.4, 0.5) is 0 Å². The Hall–Kier alpha value is -0.0800. The molecule has 0 aromatic rings. The number of ether oxygens (including phenoxy) is 1. The summed E-state index contributed by atoms with van der Waals surface area (Å²) >= 11 is 0. The van der Waals surface area contributed by atoms with Crippen molar-refractivity contribution >= 4 is 0 Å². The van der Waals surface area contributed by atoms with Crippen LogP contribution < -0.4 is 5.32 Å². The maximum atomic E-state index is 6.01. The second-order valence-electron chi connectivity index (χ2n) is 7.19. The molecule has 1 N–H and O–H groups in total. The lowest BCUT2D eigenvalue weighted by atomic mass is 9.55. The molecule has 0 spiro atoms. The van der Waals surface area contributed by atoms with Crippen LogP contribution in [0, 0.1) is 11.3 Å². The molecule has 2 heteroatoms. The molecule has 2 fully saturated rings. The van der Waals surface area contributed by atoms with E-state index in [-0.39, 0.29) is 0 Å². The predicted octanol–water partition coefficient (Wildman–Crippen LogP) is 4.14. The molecule has 4 unspecified atom stereocenters. The maximum Gasteiger partial charge on any atom is 0.0684 e. The lowest BCUT2D eigenvalue weighted by molar-refractivity contribution is -0.194. The molecule has 1 aliphatic heterocycles. The second-order valence-corrected chi connectivity index (χ2v) is 7.19. The number of hydrogen-bond donors (Lipinski definition) is 1. The van der Waals surface area contributed by atoms with E-state index in [0.717, 1.165) is 18.6 Å². The lowest BCUT2D eigenvalue weighted by Gasteiger charge is -2.61. The van der Waals surface area contributed by atoms with E-state index in [2.05, 4.69) is 33.0 Å². The van der Waals surface area contributed by atoms with Crippen LogP contribution in [0.1, 0.15) is 72.6 Å². The third-order valence-corrected chi connectivity index (χ3v) is 5.29. The number of rotatable bonds is 7. The second kappa shape index (κ2) is 6.58. The van der Waals surface area contributed by atoms with E-state index in [1.165, 1.54) is 44.9 Å². The van der Waals surface area contributed by atoms with Crippen LogP contribution >= 0.6 is 0 Å². The molecule has 19 heavy (non-hydrogen) atoms. The van der Waals surface area contributed by atoms with Crippen molar-refractivity contribution in [1.29, 1.82) is 0 Å². The molecule has 1 heterocycles. The molecule has 0 aromatic heterocycles. The normalized spacial score (nSPS) is 34.4. The average Bonchev–Trinajstić information content (AvgIpc) is 2.41. The predicted molar refractivity (Wildman–Crippen MR) is 81.4 cm³/mol. The number of unbranched alkanes of at least 4 members (excludes halogenated alkanes) is 1. The van der Waals surface area contributed by atoms with Crippen molar-refractivity contribution in [2.75, 3.05) is 6.61 Å². The smallest absolute Gasteiger partial charge is 0.0684 e. The minimum Gasteiger partial charge on any atom is -0.377 e. The number of nitrogens with one attached hydrogen (secondary N) is 1. The molecular formula is C17H33NO. The van der Waals surface area contributed by atoms with Crippen molar-refractivity contribution in [3.63, 3.8) is 0 Å². The Morgan fingerprint density at radius 2 is 2.00 bits per heavy atom. The summed E-state index contributed by atoms with van der Waals surface area (Å²) < 4.78 is 6.01. The quantitative estimate of drug-likeness (QED) is 0.748. The van der Waals surface area contributed by atoms with Gasteiger partial charge in [-0.3, -0.25) is 0 Å². The standard InChI is InChI=1S/C17H33NO/c1-5-7-10-13(9-6-2)18-15-14-11-8-12-19-16(14)17(15,3)4/h13-16,18H,5-12H2,1-4H3. The Labute approximate surface area is 119 Å². The third kappa shape index (κ3) is 3.16. The van der Waals surface area contributed by atoms with Crippen LogP contribution in [0.25, 0.3) is 0 Å². The fourth-order valence-corrected chi connectivity index (χ4v) is 4.22. The van der Waals surface area contributed by atoms with Crippen LogP contribution in [0.3, 0.4) is 0 Å². The summed E-state index contributed by atoms with van der Waals surface area (Å²) in [4.78, 5) is 0. The van der Waals surface area contributed by atoms with Crippen LogP contribution in [0.5, 0.6) is 0 Å². The minimum absolute atomic E-state index is 0.323. The zero-order valence-corrected chi connectivity index (χ0v) is 13.4. The van der Waals surface area contributed by atoms with Crippen molar-refractivity contribution in [2.45, 2.75) is 90.8 Å². The van der Waals surface area contributed by atoms with Crippen LogP contribution in [0.15, 0.2) is 0 Å². The van der Waals surface area contributed by atoms with Gasteiger partial charge in [-0.25, -0.2) is 0 Å².